The fourth-order valence-corrected chi connectivity index (χ4v) is 9.39. The molecule has 0 unspecified atom stereocenters. The Morgan fingerprint density at radius 3 is 1.28 bits per heavy atom. The number of aryl methyl sites for hydroxylation is 2. The molecule has 0 fully saturated rings. The van der Waals surface area contributed by atoms with Crippen LogP contribution in [0, 0.1) is 25.2 Å². The Balaban J connectivity index is 1.01. The second-order valence-corrected chi connectivity index (χ2v) is 15.8. The highest BCUT2D eigenvalue weighted by Gasteiger charge is 2.20. The Kier molecular flexibility index (Phi) is 8.32. The van der Waals surface area contributed by atoms with Gasteiger partial charge in [0.2, 0.25) is 0 Å². The maximum absolute atomic E-state index is 10.7. The maximum atomic E-state index is 10.7. The Morgan fingerprint density at radius 2 is 0.767 bits per heavy atom. The van der Waals surface area contributed by atoms with Gasteiger partial charge in [0.1, 0.15) is 0 Å². The highest BCUT2D eigenvalue weighted by atomic mass is 15.0. The number of rotatable bonds is 6. The van der Waals surface area contributed by atoms with Crippen molar-refractivity contribution >= 4 is 43.6 Å². The van der Waals surface area contributed by atoms with Gasteiger partial charge in [0.15, 0.2) is 0 Å². The van der Waals surface area contributed by atoms with Crippen LogP contribution in [0.15, 0.2) is 200 Å². The molecule has 0 amide bonds. The lowest BCUT2D eigenvalue weighted by Gasteiger charge is -2.19. The minimum atomic E-state index is 0.642. The number of aromatic nitrogens is 2. The zero-order valence-electron chi connectivity index (χ0n) is 33.4. The SMILES string of the molecule is Cc1ccc2c(c1)c1ccccc1n2-c1ccc(-c2ccccc2-c2cccc(C#N)c2-c2ccccc2-c2ccc(-n3c4ccccc4c4cc(C)ccc43)cc2)cc1. The number of hydrogen-bond donors (Lipinski definition) is 0. The number of para-hydroxylation sites is 2. The summed E-state index contributed by atoms with van der Waals surface area (Å²) in [5, 5.41) is 15.7. The van der Waals surface area contributed by atoms with Crippen LogP contribution in [0.25, 0.3) is 99.5 Å². The first-order valence-electron chi connectivity index (χ1n) is 20.5. The molecule has 11 aromatic rings. The molecule has 3 nitrogen and oxygen atoms in total. The van der Waals surface area contributed by atoms with E-state index in [0.717, 1.165) is 55.9 Å². The molecule has 0 aliphatic carbocycles. The number of fused-ring (bicyclic) bond motifs is 6. The molecule has 0 spiro atoms. The van der Waals surface area contributed by atoms with Gasteiger partial charge in [-0.2, -0.15) is 5.26 Å². The summed E-state index contributed by atoms with van der Waals surface area (Å²) in [4.78, 5) is 0. The fourth-order valence-electron chi connectivity index (χ4n) is 9.39. The van der Waals surface area contributed by atoms with Crippen LogP contribution in [0.4, 0.5) is 0 Å². The molecule has 0 saturated heterocycles. The van der Waals surface area contributed by atoms with Crippen molar-refractivity contribution in [2.75, 3.05) is 0 Å². The van der Waals surface area contributed by atoms with Gasteiger partial charge in [0.05, 0.1) is 33.7 Å². The average Bonchev–Trinajstić information content (AvgIpc) is 3.81. The van der Waals surface area contributed by atoms with Crippen molar-refractivity contribution < 1.29 is 0 Å². The molecule has 0 saturated carbocycles. The normalized spacial score (nSPS) is 11.5. The summed E-state index contributed by atoms with van der Waals surface area (Å²) in [6, 6.07) is 74.2. The third-order valence-corrected chi connectivity index (χ3v) is 12.1. The van der Waals surface area contributed by atoms with Gasteiger partial charge in [-0.25, -0.2) is 0 Å². The molecule has 0 aliphatic heterocycles. The first-order chi connectivity index (χ1) is 29.6. The summed E-state index contributed by atoms with van der Waals surface area (Å²) >= 11 is 0. The van der Waals surface area contributed by atoms with E-state index in [1.165, 1.54) is 54.7 Å². The van der Waals surface area contributed by atoms with Crippen LogP contribution >= 0.6 is 0 Å². The average molecular weight is 766 g/mol. The van der Waals surface area contributed by atoms with E-state index in [1.807, 2.05) is 12.1 Å². The highest BCUT2D eigenvalue weighted by Crippen LogP contribution is 2.44. The zero-order valence-corrected chi connectivity index (χ0v) is 33.4. The van der Waals surface area contributed by atoms with Gasteiger partial charge >= 0.3 is 0 Å². The first kappa shape index (κ1) is 35.2. The molecule has 0 N–H and O–H groups in total. The highest BCUT2D eigenvalue weighted by molar-refractivity contribution is 6.10. The predicted octanol–water partition coefficient (Wildman–Crippen LogP) is 15.0. The third-order valence-electron chi connectivity index (χ3n) is 12.1. The largest absolute Gasteiger partial charge is 0.309 e. The van der Waals surface area contributed by atoms with Crippen molar-refractivity contribution in [2.24, 2.45) is 0 Å². The lowest BCUT2D eigenvalue weighted by Crippen LogP contribution is -1.96. The maximum Gasteiger partial charge on any atom is 0.0998 e. The van der Waals surface area contributed by atoms with E-state index in [2.05, 4.69) is 217 Å². The summed E-state index contributed by atoms with van der Waals surface area (Å²) in [6.45, 7) is 4.30. The number of nitrogens with zero attached hydrogens (tertiary/aromatic N) is 3. The lowest BCUT2D eigenvalue weighted by molar-refractivity contribution is 1.18. The van der Waals surface area contributed by atoms with E-state index < -0.39 is 0 Å². The van der Waals surface area contributed by atoms with E-state index in [1.54, 1.807) is 0 Å². The summed E-state index contributed by atoms with van der Waals surface area (Å²) in [7, 11) is 0. The van der Waals surface area contributed by atoms with Crippen LogP contribution in [0.2, 0.25) is 0 Å². The molecule has 282 valence electrons. The second kappa shape index (κ2) is 14.2. The Hall–Kier alpha value is -7.93. The Morgan fingerprint density at radius 1 is 0.350 bits per heavy atom. The van der Waals surface area contributed by atoms with Gasteiger partial charge < -0.3 is 9.13 Å². The molecule has 0 atom stereocenters. The van der Waals surface area contributed by atoms with E-state index in [9.17, 15) is 5.26 Å². The summed E-state index contributed by atoms with van der Waals surface area (Å²) in [6.07, 6.45) is 0. The molecule has 2 aromatic heterocycles. The van der Waals surface area contributed by atoms with E-state index in [0.29, 0.717) is 5.56 Å². The van der Waals surface area contributed by atoms with Crippen LogP contribution in [0.3, 0.4) is 0 Å². The van der Waals surface area contributed by atoms with Crippen molar-refractivity contribution in [3.8, 4) is 62.0 Å². The summed E-state index contributed by atoms with van der Waals surface area (Å²) in [5.74, 6) is 0. The van der Waals surface area contributed by atoms with Crippen LogP contribution in [0.5, 0.6) is 0 Å². The fraction of sp³-hybridized carbons (Fsp3) is 0.0351. The molecule has 60 heavy (non-hydrogen) atoms. The Labute approximate surface area is 349 Å². The lowest BCUT2D eigenvalue weighted by atomic mass is 9.84. The molecular weight excluding hydrogens is 727 g/mol. The van der Waals surface area contributed by atoms with Crippen molar-refractivity contribution in [1.29, 1.82) is 5.26 Å². The van der Waals surface area contributed by atoms with Crippen molar-refractivity contribution in [1.82, 2.24) is 9.13 Å². The van der Waals surface area contributed by atoms with Gasteiger partial charge in [-0.3, -0.25) is 0 Å². The van der Waals surface area contributed by atoms with E-state index in [-0.39, 0.29) is 0 Å². The van der Waals surface area contributed by atoms with E-state index in [4.69, 9.17) is 0 Å². The minimum Gasteiger partial charge on any atom is -0.309 e. The standard InChI is InChI=1S/C57H39N3/c1-37-22-32-55-51(34-37)47-16-7-9-20-53(47)59(55)42-28-24-39(25-29-42)44-13-3-5-15-46(44)50-19-11-12-41(36-58)57(50)49-18-6-4-14-45(49)40-26-30-43(31-27-40)60-54-21-10-8-17-48(54)52-35-38(2)23-33-56(52)60/h3-35H,1-2H3. The van der Waals surface area contributed by atoms with Crippen LogP contribution < -0.4 is 0 Å². The van der Waals surface area contributed by atoms with Gasteiger partial charge in [0.25, 0.3) is 0 Å². The summed E-state index contributed by atoms with van der Waals surface area (Å²) < 4.78 is 4.72. The van der Waals surface area contributed by atoms with Crippen LogP contribution in [-0.2, 0) is 0 Å². The quantitative estimate of drug-likeness (QED) is 0.166. The molecule has 3 heteroatoms. The van der Waals surface area contributed by atoms with Gasteiger partial charge in [-0.05, 0) is 120 Å². The topological polar surface area (TPSA) is 33.6 Å². The van der Waals surface area contributed by atoms with E-state index >= 15 is 0 Å². The first-order valence-corrected chi connectivity index (χ1v) is 20.5. The second-order valence-electron chi connectivity index (χ2n) is 15.8. The number of nitriles is 1. The van der Waals surface area contributed by atoms with Crippen molar-refractivity contribution in [3.63, 3.8) is 0 Å². The van der Waals surface area contributed by atoms with Gasteiger partial charge in [-0.1, -0.05) is 145 Å². The molecule has 11 rings (SSSR count). The summed E-state index contributed by atoms with van der Waals surface area (Å²) in [5.41, 5.74) is 18.6. The molecule has 0 bridgehead atoms. The third kappa shape index (κ3) is 5.65. The van der Waals surface area contributed by atoms with Crippen molar-refractivity contribution in [3.05, 3.63) is 217 Å². The minimum absolute atomic E-state index is 0.642. The van der Waals surface area contributed by atoms with Crippen LogP contribution in [0.1, 0.15) is 16.7 Å². The van der Waals surface area contributed by atoms with Gasteiger partial charge in [-0.15, -0.1) is 0 Å². The van der Waals surface area contributed by atoms with Gasteiger partial charge in [0, 0.05) is 38.5 Å². The zero-order chi connectivity index (χ0) is 40.3. The molecular formula is C57H39N3. The predicted molar refractivity (Wildman–Crippen MR) is 251 cm³/mol. The van der Waals surface area contributed by atoms with Crippen LogP contribution in [-0.4, -0.2) is 9.13 Å². The molecule has 0 radical (unpaired) electrons. The number of benzene rings is 9. The Bertz CT molecular complexity index is 3500. The molecule has 0 aliphatic rings. The number of hydrogen-bond acceptors (Lipinski definition) is 1. The molecule has 9 aromatic carbocycles. The molecule has 2 heterocycles. The monoisotopic (exact) mass is 765 g/mol. The smallest absolute Gasteiger partial charge is 0.0998 e. The van der Waals surface area contributed by atoms with Crippen molar-refractivity contribution in [2.45, 2.75) is 13.8 Å².